The summed E-state index contributed by atoms with van der Waals surface area (Å²) in [4.78, 5) is 46.8. The van der Waals surface area contributed by atoms with Gasteiger partial charge >= 0.3 is 6.18 Å². The Balaban J connectivity index is 1.76. The molecule has 0 bridgehead atoms. The van der Waals surface area contributed by atoms with E-state index in [1.807, 2.05) is 0 Å². The second-order valence-corrected chi connectivity index (χ2v) is 6.98. The van der Waals surface area contributed by atoms with Crippen LogP contribution in [0.3, 0.4) is 0 Å². The van der Waals surface area contributed by atoms with E-state index >= 15 is 0 Å². The lowest BCUT2D eigenvalue weighted by molar-refractivity contribution is -0.141. The number of nitrogens with one attached hydrogen (secondary N) is 1. The molecule has 178 valence electrons. The highest BCUT2D eigenvalue weighted by molar-refractivity contribution is 6.38. The summed E-state index contributed by atoms with van der Waals surface area (Å²) < 4.78 is 39.0. The SMILES string of the molecule is CN=C(C1=C(N)CN(C(=O)C(N)=NC=Nc2ccc[nH]c2=O)CC1)c1cncc(C(F)(F)F)n1. The standard InChI is InChI=1S/C20H20F3N9O2/c1-26-16(14-7-27-8-15(31-14)20(21,22)23)11-4-6-32(9-12(11)24)19(34)17(25)30-10-29-13-3-2-5-28-18(13)33/h2-3,5,7-8,10H,4,6,9,24H2,1H3,(H,28,33)(H2,25,29,30). The summed E-state index contributed by atoms with van der Waals surface area (Å²) in [6, 6.07) is 3.04. The van der Waals surface area contributed by atoms with E-state index in [4.69, 9.17) is 11.5 Å². The van der Waals surface area contributed by atoms with Crippen molar-refractivity contribution in [2.24, 2.45) is 26.4 Å². The number of nitrogens with two attached hydrogens (primary N) is 2. The number of halogens is 3. The molecule has 0 radical (unpaired) electrons. The number of H-pyrrole nitrogens is 1. The smallest absolute Gasteiger partial charge is 0.400 e. The molecule has 3 heterocycles. The minimum Gasteiger partial charge on any atom is -0.400 e. The van der Waals surface area contributed by atoms with E-state index in [0.717, 1.165) is 12.5 Å². The highest BCUT2D eigenvalue weighted by atomic mass is 19.4. The number of aliphatic imine (C=N–C) groups is 3. The van der Waals surface area contributed by atoms with Crippen molar-refractivity contribution in [2.75, 3.05) is 20.1 Å². The van der Waals surface area contributed by atoms with Crippen LogP contribution in [0.2, 0.25) is 0 Å². The van der Waals surface area contributed by atoms with Crippen molar-refractivity contribution in [3.8, 4) is 0 Å². The molecule has 0 spiro atoms. The van der Waals surface area contributed by atoms with Crippen LogP contribution in [0.15, 0.2) is 61.8 Å². The van der Waals surface area contributed by atoms with Gasteiger partial charge < -0.3 is 21.4 Å². The van der Waals surface area contributed by atoms with Gasteiger partial charge in [0.15, 0.2) is 11.5 Å². The van der Waals surface area contributed by atoms with Crippen molar-refractivity contribution in [3.05, 3.63) is 63.7 Å². The van der Waals surface area contributed by atoms with Crippen LogP contribution in [-0.2, 0) is 11.0 Å². The van der Waals surface area contributed by atoms with Crippen molar-refractivity contribution < 1.29 is 18.0 Å². The minimum atomic E-state index is -4.66. The Kier molecular flexibility index (Phi) is 7.18. The van der Waals surface area contributed by atoms with Crippen LogP contribution >= 0.6 is 0 Å². The van der Waals surface area contributed by atoms with Crippen LogP contribution in [0.25, 0.3) is 0 Å². The summed E-state index contributed by atoms with van der Waals surface area (Å²) in [7, 11) is 1.40. The zero-order valence-electron chi connectivity index (χ0n) is 17.9. The third-order valence-electron chi connectivity index (χ3n) is 4.75. The number of rotatable bonds is 4. The van der Waals surface area contributed by atoms with Gasteiger partial charge in [0.25, 0.3) is 11.5 Å². The average Bonchev–Trinajstić information content (AvgIpc) is 2.81. The van der Waals surface area contributed by atoms with E-state index in [1.54, 1.807) is 6.07 Å². The number of carbonyl (C=O) groups excluding carboxylic acids is 1. The molecule has 14 heteroatoms. The highest BCUT2D eigenvalue weighted by Gasteiger charge is 2.34. The monoisotopic (exact) mass is 475 g/mol. The van der Waals surface area contributed by atoms with Crippen LogP contribution < -0.4 is 17.0 Å². The van der Waals surface area contributed by atoms with E-state index < -0.39 is 23.3 Å². The van der Waals surface area contributed by atoms with E-state index in [-0.39, 0.29) is 48.1 Å². The van der Waals surface area contributed by atoms with Gasteiger partial charge in [0.2, 0.25) is 0 Å². The lowest BCUT2D eigenvalue weighted by Gasteiger charge is -2.29. The molecule has 1 aliphatic heterocycles. The third-order valence-corrected chi connectivity index (χ3v) is 4.75. The van der Waals surface area contributed by atoms with Crippen LogP contribution in [0.1, 0.15) is 17.8 Å². The van der Waals surface area contributed by atoms with Crippen LogP contribution in [-0.4, -0.2) is 63.8 Å². The number of amides is 1. The van der Waals surface area contributed by atoms with Gasteiger partial charge in [-0.15, -0.1) is 0 Å². The first-order chi connectivity index (χ1) is 16.1. The zero-order chi connectivity index (χ0) is 24.9. The predicted molar refractivity (Wildman–Crippen MR) is 119 cm³/mol. The molecule has 34 heavy (non-hydrogen) atoms. The van der Waals surface area contributed by atoms with Gasteiger partial charge in [0.05, 0.1) is 24.7 Å². The fourth-order valence-electron chi connectivity index (χ4n) is 3.14. The summed E-state index contributed by atoms with van der Waals surface area (Å²) in [6.07, 6.45) is -0.249. The molecule has 2 aromatic rings. The minimum absolute atomic E-state index is 0.0503. The number of pyridine rings is 1. The Hall–Kier alpha value is -4.36. The maximum atomic E-state index is 13.0. The Labute approximate surface area is 190 Å². The van der Waals surface area contributed by atoms with Crippen LogP contribution in [0.4, 0.5) is 18.9 Å². The molecule has 3 rings (SSSR count). The Morgan fingerprint density at radius 1 is 1.32 bits per heavy atom. The quantitative estimate of drug-likeness (QED) is 0.436. The Bertz CT molecular complexity index is 1260. The molecular formula is C20H20F3N9O2. The van der Waals surface area contributed by atoms with Gasteiger partial charge in [-0.25, -0.2) is 15.0 Å². The second kappa shape index (κ2) is 10.1. The second-order valence-electron chi connectivity index (χ2n) is 6.98. The normalized spacial score (nSPS) is 15.8. The van der Waals surface area contributed by atoms with E-state index in [9.17, 15) is 22.8 Å². The van der Waals surface area contributed by atoms with Gasteiger partial charge in [-0.05, 0) is 18.6 Å². The van der Waals surface area contributed by atoms with Crippen molar-refractivity contribution >= 4 is 29.5 Å². The van der Waals surface area contributed by atoms with Crippen molar-refractivity contribution in [3.63, 3.8) is 0 Å². The van der Waals surface area contributed by atoms with Gasteiger partial charge in [-0.1, -0.05) is 0 Å². The van der Waals surface area contributed by atoms with Crippen molar-refractivity contribution in [1.29, 1.82) is 0 Å². The van der Waals surface area contributed by atoms with Gasteiger partial charge in [-0.3, -0.25) is 19.6 Å². The first kappa shape index (κ1) is 24.3. The lowest BCUT2D eigenvalue weighted by atomic mass is 9.98. The largest absolute Gasteiger partial charge is 0.434 e. The third kappa shape index (κ3) is 5.51. The Morgan fingerprint density at radius 2 is 2.09 bits per heavy atom. The molecule has 0 saturated heterocycles. The number of hydrogen-bond donors (Lipinski definition) is 3. The predicted octanol–water partition coefficient (Wildman–Crippen LogP) is 0.765. The van der Waals surface area contributed by atoms with E-state index in [0.29, 0.717) is 11.8 Å². The summed E-state index contributed by atoms with van der Waals surface area (Å²) in [5.41, 5.74) is 11.1. The van der Waals surface area contributed by atoms with Gasteiger partial charge in [0.1, 0.15) is 17.7 Å². The fourth-order valence-corrected chi connectivity index (χ4v) is 3.14. The van der Waals surface area contributed by atoms with E-state index in [1.165, 1.54) is 24.2 Å². The molecular weight excluding hydrogens is 455 g/mol. The zero-order valence-corrected chi connectivity index (χ0v) is 17.9. The van der Waals surface area contributed by atoms with E-state index in [2.05, 4.69) is 29.9 Å². The topological polar surface area (TPSA) is 168 Å². The molecule has 0 aliphatic carbocycles. The summed E-state index contributed by atoms with van der Waals surface area (Å²) in [5.74, 6) is -0.996. The number of aromatic nitrogens is 3. The Morgan fingerprint density at radius 3 is 2.74 bits per heavy atom. The van der Waals surface area contributed by atoms with Crippen molar-refractivity contribution in [2.45, 2.75) is 12.6 Å². The molecule has 0 aromatic carbocycles. The van der Waals surface area contributed by atoms with Crippen molar-refractivity contribution in [1.82, 2.24) is 19.9 Å². The summed E-state index contributed by atoms with van der Waals surface area (Å²) >= 11 is 0. The number of carbonyl (C=O) groups is 1. The molecule has 0 atom stereocenters. The van der Waals surface area contributed by atoms with Crippen LogP contribution in [0.5, 0.6) is 0 Å². The number of alkyl halides is 3. The lowest BCUT2D eigenvalue weighted by Crippen LogP contribution is -2.45. The first-order valence-electron chi connectivity index (χ1n) is 9.79. The molecule has 2 aromatic heterocycles. The maximum absolute atomic E-state index is 13.0. The molecule has 0 saturated carbocycles. The summed E-state index contributed by atoms with van der Waals surface area (Å²) in [5, 5.41) is 0. The fraction of sp³-hybridized carbons (Fsp3) is 0.250. The first-order valence-corrected chi connectivity index (χ1v) is 9.79. The number of nitrogens with zero attached hydrogens (tertiary/aromatic N) is 6. The van der Waals surface area contributed by atoms with Gasteiger partial charge in [0, 0.05) is 31.1 Å². The highest BCUT2D eigenvalue weighted by Crippen LogP contribution is 2.28. The number of amidine groups is 1. The summed E-state index contributed by atoms with van der Waals surface area (Å²) in [6.45, 7) is 0.108. The molecule has 1 aliphatic rings. The molecule has 1 amide bonds. The number of aromatic amines is 1. The molecule has 5 N–H and O–H groups in total. The molecule has 0 unspecified atom stereocenters. The molecule has 0 fully saturated rings. The van der Waals surface area contributed by atoms with Crippen LogP contribution in [0, 0.1) is 0 Å². The van der Waals surface area contributed by atoms with Gasteiger partial charge in [-0.2, -0.15) is 13.2 Å². The average molecular weight is 475 g/mol. The molecule has 11 nitrogen and oxygen atoms in total. The number of hydrogen-bond acceptors (Lipinski definition) is 7. The maximum Gasteiger partial charge on any atom is 0.434 e.